The molecule has 90 valence electrons. The molecule has 4 nitrogen and oxygen atoms in total. The van der Waals surface area contributed by atoms with Crippen LogP contribution in [0.15, 0.2) is 16.5 Å². The smallest absolute Gasteiger partial charge is 0.371 e. The summed E-state index contributed by atoms with van der Waals surface area (Å²) in [7, 11) is 0. The van der Waals surface area contributed by atoms with Gasteiger partial charge in [-0.05, 0) is 37.5 Å². The second-order valence-corrected chi connectivity index (χ2v) is 4.62. The lowest BCUT2D eigenvalue weighted by molar-refractivity contribution is 0.0660. The second kappa shape index (κ2) is 6.60. The minimum absolute atomic E-state index is 0.00596. The van der Waals surface area contributed by atoms with Crippen molar-refractivity contribution in [1.82, 2.24) is 5.32 Å². The Morgan fingerprint density at radius 2 is 2.38 bits per heavy atom. The molecular formula is C11H17NO3S. The van der Waals surface area contributed by atoms with Gasteiger partial charge in [0.15, 0.2) is 0 Å². The monoisotopic (exact) mass is 243 g/mol. The quantitative estimate of drug-likeness (QED) is 0.768. The maximum absolute atomic E-state index is 10.6. The molecule has 2 N–H and O–H groups in total. The molecule has 0 aliphatic heterocycles. The van der Waals surface area contributed by atoms with Crippen molar-refractivity contribution in [3.05, 3.63) is 23.7 Å². The second-order valence-electron chi connectivity index (χ2n) is 3.63. The highest BCUT2D eigenvalue weighted by molar-refractivity contribution is 7.98. The molecule has 0 aliphatic rings. The van der Waals surface area contributed by atoms with Crippen molar-refractivity contribution >= 4 is 17.7 Å². The molecule has 1 aromatic rings. The van der Waals surface area contributed by atoms with Gasteiger partial charge in [0.25, 0.3) is 0 Å². The molecule has 0 saturated carbocycles. The maximum atomic E-state index is 10.6. The van der Waals surface area contributed by atoms with Gasteiger partial charge >= 0.3 is 5.97 Å². The molecule has 1 atom stereocenters. The van der Waals surface area contributed by atoms with Gasteiger partial charge in [-0.1, -0.05) is 0 Å². The van der Waals surface area contributed by atoms with Gasteiger partial charge < -0.3 is 14.8 Å². The van der Waals surface area contributed by atoms with Gasteiger partial charge in [0.1, 0.15) is 5.76 Å². The predicted octanol–water partition coefficient (Wildman–Crippen LogP) is 2.21. The summed E-state index contributed by atoms with van der Waals surface area (Å²) >= 11 is 1.82. The summed E-state index contributed by atoms with van der Waals surface area (Å²) in [4.78, 5) is 10.6. The number of hydrogen-bond acceptors (Lipinski definition) is 4. The van der Waals surface area contributed by atoms with Gasteiger partial charge in [-0.3, -0.25) is 0 Å². The zero-order valence-corrected chi connectivity index (χ0v) is 10.3. The Bertz CT molecular complexity index is 338. The van der Waals surface area contributed by atoms with Crippen LogP contribution in [-0.2, 0) is 6.54 Å². The van der Waals surface area contributed by atoms with E-state index in [2.05, 4.69) is 18.5 Å². The van der Waals surface area contributed by atoms with Gasteiger partial charge in [-0.25, -0.2) is 4.79 Å². The average Bonchev–Trinajstić information content (AvgIpc) is 2.72. The van der Waals surface area contributed by atoms with E-state index >= 15 is 0 Å². The number of furan rings is 1. The van der Waals surface area contributed by atoms with Gasteiger partial charge in [0.2, 0.25) is 5.76 Å². The van der Waals surface area contributed by atoms with Crippen molar-refractivity contribution in [3.8, 4) is 0 Å². The Kier molecular flexibility index (Phi) is 5.42. The highest BCUT2D eigenvalue weighted by atomic mass is 32.2. The molecule has 0 saturated heterocycles. The minimum Gasteiger partial charge on any atom is -0.475 e. The third-order valence-corrected chi connectivity index (χ3v) is 2.90. The van der Waals surface area contributed by atoms with Crippen molar-refractivity contribution in [2.45, 2.75) is 25.9 Å². The lowest BCUT2D eigenvalue weighted by atomic mass is 10.2. The van der Waals surface area contributed by atoms with Crippen LogP contribution in [0.25, 0.3) is 0 Å². The summed E-state index contributed by atoms with van der Waals surface area (Å²) in [6.07, 6.45) is 3.17. The highest BCUT2D eigenvalue weighted by Crippen LogP contribution is 2.08. The van der Waals surface area contributed by atoms with Crippen LogP contribution in [0, 0.1) is 0 Å². The van der Waals surface area contributed by atoms with Crippen LogP contribution < -0.4 is 5.32 Å². The molecule has 0 amide bonds. The van der Waals surface area contributed by atoms with Crippen molar-refractivity contribution in [2.24, 2.45) is 0 Å². The summed E-state index contributed by atoms with van der Waals surface area (Å²) in [5.41, 5.74) is 0. The number of nitrogens with one attached hydrogen (secondary N) is 1. The normalized spacial score (nSPS) is 12.6. The number of thioether (sulfide) groups is 1. The molecule has 0 radical (unpaired) electrons. The molecular weight excluding hydrogens is 226 g/mol. The van der Waals surface area contributed by atoms with E-state index in [1.54, 1.807) is 6.07 Å². The lowest BCUT2D eigenvalue weighted by Crippen LogP contribution is -2.25. The van der Waals surface area contributed by atoms with Crippen LogP contribution >= 0.6 is 11.8 Å². The molecule has 0 fully saturated rings. The molecule has 1 unspecified atom stereocenters. The highest BCUT2D eigenvalue weighted by Gasteiger charge is 2.09. The van der Waals surface area contributed by atoms with Gasteiger partial charge in [0, 0.05) is 6.04 Å². The van der Waals surface area contributed by atoms with E-state index < -0.39 is 5.97 Å². The fraction of sp³-hybridized carbons (Fsp3) is 0.545. The number of hydrogen-bond donors (Lipinski definition) is 2. The molecule has 0 spiro atoms. The average molecular weight is 243 g/mol. The minimum atomic E-state index is -1.03. The summed E-state index contributed by atoms with van der Waals surface area (Å²) < 4.78 is 5.13. The van der Waals surface area contributed by atoms with E-state index in [4.69, 9.17) is 9.52 Å². The Morgan fingerprint density at radius 3 is 2.94 bits per heavy atom. The number of carbonyl (C=O) groups is 1. The Morgan fingerprint density at radius 1 is 1.62 bits per heavy atom. The first-order chi connectivity index (χ1) is 7.63. The molecule has 16 heavy (non-hydrogen) atoms. The maximum Gasteiger partial charge on any atom is 0.371 e. The fourth-order valence-electron chi connectivity index (χ4n) is 1.26. The fourth-order valence-corrected chi connectivity index (χ4v) is 1.85. The molecule has 1 rings (SSSR count). The van der Waals surface area contributed by atoms with Crippen LogP contribution in [0.2, 0.25) is 0 Å². The molecule has 1 aromatic heterocycles. The predicted molar refractivity (Wildman–Crippen MR) is 65.0 cm³/mol. The lowest BCUT2D eigenvalue weighted by Gasteiger charge is -2.11. The van der Waals surface area contributed by atoms with E-state index in [1.165, 1.54) is 6.07 Å². The van der Waals surface area contributed by atoms with Gasteiger partial charge in [0.05, 0.1) is 6.54 Å². The zero-order chi connectivity index (χ0) is 12.0. The SMILES string of the molecule is CSCCC(C)NCc1ccc(C(=O)O)o1. The summed E-state index contributed by atoms with van der Waals surface area (Å²) in [6.45, 7) is 2.68. The van der Waals surface area contributed by atoms with Crippen LogP contribution in [0.4, 0.5) is 0 Å². The first-order valence-electron chi connectivity index (χ1n) is 5.17. The molecule has 0 aliphatic carbocycles. The van der Waals surface area contributed by atoms with Crippen LogP contribution in [0.1, 0.15) is 29.7 Å². The van der Waals surface area contributed by atoms with E-state index in [0.717, 1.165) is 12.2 Å². The number of rotatable bonds is 7. The summed E-state index contributed by atoms with van der Waals surface area (Å²) in [6, 6.07) is 3.58. The Hall–Kier alpha value is -0.940. The molecule has 0 bridgehead atoms. The van der Waals surface area contributed by atoms with E-state index in [-0.39, 0.29) is 5.76 Å². The van der Waals surface area contributed by atoms with E-state index in [9.17, 15) is 4.79 Å². The third kappa shape index (κ3) is 4.28. The number of carboxylic acid groups (broad SMARTS) is 1. The summed E-state index contributed by atoms with van der Waals surface area (Å²) in [5.74, 6) is 0.746. The molecule has 5 heteroatoms. The van der Waals surface area contributed by atoms with E-state index in [1.807, 2.05) is 11.8 Å². The molecule has 1 heterocycles. The van der Waals surface area contributed by atoms with Crippen LogP contribution in [0.3, 0.4) is 0 Å². The standard InChI is InChI=1S/C11H17NO3S/c1-8(5-6-16-2)12-7-9-3-4-10(15-9)11(13)14/h3-4,8,12H,5-7H2,1-2H3,(H,13,14). The number of carboxylic acids is 1. The van der Waals surface area contributed by atoms with Gasteiger partial charge in [-0.2, -0.15) is 11.8 Å². The van der Waals surface area contributed by atoms with Crippen molar-refractivity contribution in [3.63, 3.8) is 0 Å². The van der Waals surface area contributed by atoms with Crippen molar-refractivity contribution in [2.75, 3.05) is 12.0 Å². The van der Waals surface area contributed by atoms with Gasteiger partial charge in [-0.15, -0.1) is 0 Å². The van der Waals surface area contributed by atoms with E-state index in [0.29, 0.717) is 18.3 Å². The Balaban J connectivity index is 2.33. The third-order valence-electron chi connectivity index (χ3n) is 2.25. The molecule has 0 aromatic carbocycles. The Labute approximate surface area is 99.4 Å². The van der Waals surface area contributed by atoms with Crippen LogP contribution in [-0.4, -0.2) is 29.1 Å². The van der Waals surface area contributed by atoms with Crippen LogP contribution in [0.5, 0.6) is 0 Å². The first kappa shape index (κ1) is 13.1. The van der Waals surface area contributed by atoms with Crippen molar-refractivity contribution < 1.29 is 14.3 Å². The topological polar surface area (TPSA) is 62.5 Å². The first-order valence-corrected chi connectivity index (χ1v) is 6.57. The summed E-state index contributed by atoms with van der Waals surface area (Å²) in [5, 5.41) is 12.0. The largest absolute Gasteiger partial charge is 0.475 e. The zero-order valence-electron chi connectivity index (χ0n) is 9.53. The van der Waals surface area contributed by atoms with Crippen molar-refractivity contribution in [1.29, 1.82) is 0 Å². The number of aromatic carboxylic acids is 1.